The van der Waals surface area contributed by atoms with Crippen LogP contribution in [-0.4, -0.2) is 17.9 Å². The number of benzene rings is 2. The number of amides is 2. The van der Waals surface area contributed by atoms with Gasteiger partial charge in [-0.15, -0.1) is 0 Å². The van der Waals surface area contributed by atoms with Crippen molar-refractivity contribution < 1.29 is 9.59 Å². The number of hydrogen-bond acceptors (Lipinski definition) is 2. The lowest BCUT2D eigenvalue weighted by Gasteiger charge is -2.22. The van der Waals surface area contributed by atoms with Gasteiger partial charge in [-0.1, -0.05) is 49.2 Å². The van der Waals surface area contributed by atoms with Gasteiger partial charge < -0.3 is 10.6 Å². The third-order valence-electron chi connectivity index (χ3n) is 3.54. The number of nitrogens with one attached hydrogen (secondary N) is 2. The summed E-state index contributed by atoms with van der Waals surface area (Å²) in [4.78, 5) is 25.1. The second-order valence-electron chi connectivity index (χ2n) is 5.79. The monoisotopic (exact) mass is 442 g/mol. The van der Waals surface area contributed by atoms with E-state index in [2.05, 4.69) is 26.6 Å². The first-order valence-electron chi connectivity index (χ1n) is 7.61. The largest absolute Gasteiger partial charge is 0.340 e. The number of halogens is 3. The minimum atomic E-state index is -0.700. The molecule has 0 aromatic heterocycles. The van der Waals surface area contributed by atoms with Crippen LogP contribution in [0.2, 0.25) is 10.0 Å². The number of carbonyl (C=O) groups excluding carboxylic acids is 2. The van der Waals surface area contributed by atoms with Gasteiger partial charge in [0.2, 0.25) is 5.91 Å². The lowest BCUT2D eigenvalue weighted by atomic mass is 10.0. The maximum Gasteiger partial charge on any atom is 0.253 e. The van der Waals surface area contributed by atoms with Crippen LogP contribution in [-0.2, 0) is 4.79 Å². The van der Waals surface area contributed by atoms with Crippen LogP contribution in [0.3, 0.4) is 0 Å². The number of rotatable bonds is 5. The summed E-state index contributed by atoms with van der Waals surface area (Å²) in [6.45, 7) is 3.72. The average molecular weight is 444 g/mol. The van der Waals surface area contributed by atoms with Crippen molar-refractivity contribution in [3.63, 3.8) is 0 Å². The average Bonchev–Trinajstić information content (AvgIpc) is 2.55. The second kappa shape index (κ2) is 8.70. The Morgan fingerprint density at radius 2 is 1.72 bits per heavy atom. The van der Waals surface area contributed by atoms with Crippen LogP contribution in [0.4, 0.5) is 5.69 Å². The summed E-state index contributed by atoms with van der Waals surface area (Å²) >= 11 is 15.2. The van der Waals surface area contributed by atoms with Crippen LogP contribution in [0, 0.1) is 5.92 Å². The van der Waals surface area contributed by atoms with Crippen LogP contribution in [0.1, 0.15) is 24.2 Å². The Bertz CT molecular complexity index is 796. The maximum absolute atomic E-state index is 12.6. The van der Waals surface area contributed by atoms with E-state index < -0.39 is 6.04 Å². The van der Waals surface area contributed by atoms with E-state index in [-0.39, 0.29) is 17.7 Å². The number of carbonyl (C=O) groups is 2. The van der Waals surface area contributed by atoms with E-state index in [0.717, 1.165) is 0 Å². The van der Waals surface area contributed by atoms with Crippen LogP contribution < -0.4 is 10.6 Å². The summed E-state index contributed by atoms with van der Waals surface area (Å²) in [5.74, 6) is -0.751. The zero-order valence-electron chi connectivity index (χ0n) is 13.6. The molecule has 0 aliphatic carbocycles. The van der Waals surface area contributed by atoms with E-state index in [4.69, 9.17) is 23.2 Å². The molecular formula is C18H17BrCl2N2O2. The van der Waals surface area contributed by atoms with E-state index in [0.29, 0.717) is 25.8 Å². The Hall–Kier alpha value is -1.56. The molecule has 25 heavy (non-hydrogen) atoms. The molecule has 0 spiro atoms. The maximum atomic E-state index is 12.6. The van der Waals surface area contributed by atoms with Gasteiger partial charge in [0.25, 0.3) is 5.91 Å². The van der Waals surface area contributed by atoms with Crippen molar-refractivity contribution in [1.29, 1.82) is 0 Å². The molecule has 2 aromatic rings. The highest BCUT2D eigenvalue weighted by atomic mass is 79.9. The SMILES string of the molecule is CC(C)[C@@H](NC(=O)c1ccccc1Br)C(=O)Nc1ccc(Cl)c(Cl)c1. The molecule has 2 amide bonds. The summed E-state index contributed by atoms with van der Waals surface area (Å²) in [5, 5.41) is 6.28. The molecule has 2 aromatic carbocycles. The Morgan fingerprint density at radius 1 is 1.04 bits per heavy atom. The summed E-state index contributed by atoms with van der Waals surface area (Å²) in [5.41, 5.74) is 0.982. The van der Waals surface area contributed by atoms with Crippen molar-refractivity contribution in [3.8, 4) is 0 Å². The minimum Gasteiger partial charge on any atom is -0.340 e. The minimum absolute atomic E-state index is 0.103. The quantitative estimate of drug-likeness (QED) is 0.671. The lowest BCUT2D eigenvalue weighted by molar-refractivity contribution is -0.118. The number of anilines is 1. The molecular weight excluding hydrogens is 427 g/mol. The Balaban J connectivity index is 2.14. The van der Waals surface area contributed by atoms with Crippen molar-refractivity contribution in [2.45, 2.75) is 19.9 Å². The second-order valence-corrected chi connectivity index (χ2v) is 7.46. The topological polar surface area (TPSA) is 58.2 Å². The van der Waals surface area contributed by atoms with Crippen molar-refractivity contribution in [3.05, 3.63) is 62.5 Å². The fourth-order valence-corrected chi connectivity index (χ4v) is 2.96. The van der Waals surface area contributed by atoms with E-state index in [1.54, 1.807) is 36.4 Å². The molecule has 0 radical (unpaired) electrons. The molecule has 0 bridgehead atoms. The predicted molar refractivity (Wildman–Crippen MR) is 105 cm³/mol. The molecule has 0 aliphatic heterocycles. The van der Waals surface area contributed by atoms with Crippen molar-refractivity contribution in [2.75, 3.05) is 5.32 Å². The molecule has 0 saturated heterocycles. The summed E-state index contributed by atoms with van der Waals surface area (Å²) in [6, 6.07) is 11.2. The van der Waals surface area contributed by atoms with E-state index in [1.807, 2.05) is 19.9 Å². The van der Waals surface area contributed by atoms with Gasteiger partial charge in [-0.25, -0.2) is 0 Å². The van der Waals surface area contributed by atoms with E-state index >= 15 is 0 Å². The summed E-state index contributed by atoms with van der Waals surface area (Å²) in [6.07, 6.45) is 0. The Morgan fingerprint density at radius 3 is 2.32 bits per heavy atom. The highest BCUT2D eigenvalue weighted by Gasteiger charge is 2.25. The van der Waals surface area contributed by atoms with Crippen LogP contribution in [0.5, 0.6) is 0 Å². The first-order valence-corrected chi connectivity index (χ1v) is 9.15. The van der Waals surface area contributed by atoms with E-state index in [9.17, 15) is 9.59 Å². The van der Waals surface area contributed by atoms with Crippen molar-refractivity contribution in [1.82, 2.24) is 5.32 Å². The van der Waals surface area contributed by atoms with Crippen LogP contribution in [0.25, 0.3) is 0 Å². The third-order valence-corrected chi connectivity index (χ3v) is 4.97. The molecule has 0 saturated carbocycles. The molecule has 0 unspecified atom stereocenters. The van der Waals surface area contributed by atoms with Gasteiger partial charge in [0.1, 0.15) is 6.04 Å². The molecule has 2 N–H and O–H groups in total. The molecule has 4 nitrogen and oxygen atoms in total. The molecule has 1 atom stereocenters. The van der Waals surface area contributed by atoms with E-state index in [1.165, 1.54) is 0 Å². The first-order chi connectivity index (χ1) is 11.8. The van der Waals surface area contributed by atoms with Crippen molar-refractivity contribution >= 4 is 56.6 Å². The highest BCUT2D eigenvalue weighted by molar-refractivity contribution is 9.10. The smallest absolute Gasteiger partial charge is 0.253 e. The third kappa shape index (κ3) is 5.21. The molecule has 7 heteroatoms. The van der Waals surface area contributed by atoms with Crippen LogP contribution in [0.15, 0.2) is 46.9 Å². The normalized spacial score (nSPS) is 11.9. The zero-order valence-corrected chi connectivity index (χ0v) is 16.7. The van der Waals surface area contributed by atoms with Crippen LogP contribution >= 0.6 is 39.1 Å². The molecule has 0 fully saturated rings. The summed E-state index contributed by atoms with van der Waals surface area (Å²) in [7, 11) is 0. The van der Waals surface area contributed by atoms with Gasteiger partial charge in [0.15, 0.2) is 0 Å². The Labute approximate surface area is 165 Å². The zero-order chi connectivity index (χ0) is 18.6. The van der Waals surface area contributed by atoms with Gasteiger partial charge in [-0.3, -0.25) is 9.59 Å². The van der Waals surface area contributed by atoms with Gasteiger partial charge in [-0.05, 0) is 52.2 Å². The predicted octanol–water partition coefficient (Wildman–Crippen LogP) is 5.15. The van der Waals surface area contributed by atoms with Gasteiger partial charge in [0, 0.05) is 10.2 Å². The van der Waals surface area contributed by atoms with Crippen molar-refractivity contribution in [2.24, 2.45) is 5.92 Å². The lowest BCUT2D eigenvalue weighted by Crippen LogP contribution is -2.47. The number of hydrogen-bond donors (Lipinski definition) is 2. The van der Waals surface area contributed by atoms with Gasteiger partial charge in [-0.2, -0.15) is 0 Å². The van der Waals surface area contributed by atoms with Gasteiger partial charge >= 0.3 is 0 Å². The summed E-state index contributed by atoms with van der Waals surface area (Å²) < 4.78 is 0.667. The van der Waals surface area contributed by atoms with Gasteiger partial charge in [0.05, 0.1) is 15.6 Å². The standard InChI is InChI=1S/C18H17BrCl2N2O2/c1-10(2)16(23-17(24)12-5-3-4-6-13(12)19)18(25)22-11-7-8-14(20)15(21)9-11/h3-10,16H,1-2H3,(H,22,25)(H,23,24)/t16-/m1/s1. The molecule has 2 rings (SSSR count). The molecule has 0 heterocycles. The Kier molecular flexibility index (Phi) is 6.87. The molecule has 0 aliphatic rings. The first kappa shape index (κ1) is 19.8. The fourth-order valence-electron chi connectivity index (χ4n) is 2.19. The fraction of sp³-hybridized carbons (Fsp3) is 0.222. The molecule has 132 valence electrons. The highest BCUT2D eigenvalue weighted by Crippen LogP contribution is 2.25.